The summed E-state index contributed by atoms with van der Waals surface area (Å²) >= 11 is 3.40. The van der Waals surface area contributed by atoms with E-state index in [4.69, 9.17) is 9.26 Å². The fourth-order valence-electron chi connectivity index (χ4n) is 1.19. The Balaban J connectivity index is 1.99. The first-order chi connectivity index (χ1) is 7.79. The zero-order valence-corrected chi connectivity index (χ0v) is 10.4. The molecule has 1 aromatic carbocycles. The van der Waals surface area contributed by atoms with E-state index in [1.807, 2.05) is 31.2 Å². The van der Waals surface area contributed by atoms with Crippen LogP contribution in [0, 0.1) is 0 Å². The van der Waals surface area contributed by atoms with Gasteiger partial charge < -0.3 is 9.26 Å². The molecule has 0 N–H and O–H groups in total. The number of aromatic nitrogens is 2. The summed E-state index contributed by atoms with van der Waals surface area (Å²) in [6, 6.07) is 7.63. The largest absolute Gasteiger partial charge is 0.483 e. The average Bonchev–Trinajstić information content (AvgIpc) is 2.76. The molecule has 1 heterocycles. The van der Waals surface area contributed by atoms with E-state index >= 15 is 0 Å². The highest BCUT2D eigenvalue weighted by Gasteiger charge is 2.06. The number of aryl methyl sites for hydroxylation is 1. The van der Waals surface area contributed by atoms with Crippen LogP contribution in [0.5, 0.6) is 5.75 Å². The van der Waals surface area contributed by atoms with E-state index in [0.717, 1.165) is 16.6 Å². The molecule has 0 saturated carbocycles. The van der Waals surface area contributed by atoms with Crippen molar-refractivity contribution in [1.29, 1.82) is 0 Å². The van der Waals surface area contributed by atoms with Gasteiger partial charge in [-0.3, -0.25) is 0 Å². The van der Waals surface area contributed by atoms with E-state index in [1.54, 1.807) is 0 Å². The van der Waals surface area contributed by atoms with Gasteiger partial charge in [0.25, 0.3) is 5.89 Å². The van der Waals surface area contributed by atoms with Crippen molar-refractivity contribution in [3.05, 3.63) is 40.5 Å². The molecule has 1 aromatic heterocycles. The lowest BCUT2D eigenvalue weighted by Crippen LogP contribution is -1.96. The number of hydrogen-bond donors (Lipinski definition) is 0. The predicted octanol–water partition coefficient (Wildman–Crippen LogP) is 2.97. The molecule has 0 unspecified atom stereocenters. The molecule has 2 aromatic rings. The summed E-state index contributed by atoms with van der Waals surface area (Å²) < 4.78 is 11.5. The molecule has 2 rings (SSSR count). The second-order valence-corrected chi connectivity index (χ2v) is 4.03. The van der Waals surface area contributed by atoms with Gasteiger partial charge in [0.15, 0.2) is 12.4 Å². The molecule has 0 amide bonds. The molecule has 0 saturated heterocycles. The van der Waals surface area contributed by atoms with Gasteiger partial charge in [-0.15, -0.1) is 0 Å². The number of ether oxygens (including phenoxy) is 1. The number of nitrogens with zero attached hydrogens (tertiary/aromatic N) is 2. The van der Waals surface area contributed by atoms with Crippen LogP contribution < -0.4 is 4.74 Å². The normalized spacial score (nSPS) is 10.4. The Hall–Kier alpha value is -1.36. The van der Waals surface area contributed by atoms with Crippen LogP contribution in [0.3, 0.4) is 0 Å². The number of hydrogen-bond acceptors (Lipinski definition) is 4. The molecule has 0 fully saturated rings. The Morgan fingerprint density at radius 1 is 1.38 bits per heavy atom. The lowest BCUT2D eigenvalue weighted by atomic mass is 10.3. The molecule has 16 heavy (non-hydrogen) atoms. The number of benzene rings is 1. The second kappa shape index (κ2) is 5.12. The van der Waals surface area contributed by atoms with Crippen molar-refractivity contribution in [2.75, 3.05) is 0 Å². The highest BCUT2D eigenvalue weighted by Crippen LogP contribution is 2.24. The monoisotopic (exact) mass is 282 g/mol. The second-order valence-electron chi connectivity index (χ2n) is 3.18. The van der Waals surface area contributed by atoms with Crippen LogP contribution >= 0.6 is 15.9 Å². The summed E-state index contributed by atoms with van der Waals surface area (Å²) in [5.74, 6) is 1.96. The summed E-state index contributed by atoms with van der Waals surface area (Å²) in [6.45, 7) is 2.26. The van der Waals surface area contributed by atoms with Gasteiger partial charge in [0.2, 0.25) is 0 Å². The molecule has 0 aliphatic heterocycles. The fraction of sp³-hybridized carbons (Fsp3) is 0.273. The molecular formula is C11H11BrN2O2. The summed E-state index contributed by atoms with van der Waals surface area (Å²) in [4.78, 5) is 4.16. The lowest BCUT2D eigenvalue weighted by molar-refractivity contribution is 0.241. The van der Waals surface area contributed by atoms with Crippen LogP contribution in [0.1, 0.15) is 18.6 Å². The quantitative estimate of drug-likeness (QED) is 0.865. The summed E-state index contributed by atoms with van der Waals surface area (Å²) in [5.41, 5.74) is 0. The zero-order valence-electron chi connectivity index (χ0n) is 8.81. The molecule has 0 aliphatic carbocycles. The molecule has 0 radical (unpaired) electrons. The summed E-state index contributed by atoms with van der Waals surface area (Å²) in [6.07, 6.45) is 0.762. The fourth-order valence-corrected chi connectivity index (χ4v) is 1.59. The lowest BCUT2D eigenvalue weighted by Gasteiger charge is -2.04. The molecule has 0 atom stereocenters. The van der Waals surface area contributed by atoms with Gasteiger partial charge >= 0.3 is 0 Å². The Bertz CT molecular complexity index is 471. The molecule has 0 spiro atoms. The van der Waals surface area contributed by atoms with E-state index in [2.05, 4.69) is 26.1 Å². The minimum Gasteiger partial charge on any atom is -0.483 e. The minimum absolute atomic E-state index is 0.287. The first kappa shape index (κ1) is 11.1. The first-order valence-electron chi connectivity index (χ1n) is 4.98. The minimum atomic E-state index is 0.287. The Kier molecular flexibility index (Phi) is 3.56. The topological polar surface area (TPSA) is 48.2 Å². The third kappa shape index (κ3) is 2.61. The molecule has 0 aliphatic rings. The maximum Gasteiger partial charge on any atom is 0.264 e. The van der Waals surface area contributed by atoms with Crippen molar-refractivity contribution in [2.45, 2.75) is 20.0 Å². The van der Waals surface area contributed by atoms with Gasteiger partial charge in [0, 0.05) is 6.42 Å². The van der Waals surface area contributed by atoms with Gasteiger partial charge in [-0.1, -0.05) is 24.2 Å². The maximum atomic E-state index is 5.54. The van der Waals surface area contributed by atoms with Crippen LogP contribution in [-0.2, 0) is 13.0 Å². The third-order valence-electron chi connectivity index (χ3n) is 2.01. The van der Waals surface area contributed by atoms with E-state index in [0.29, 0.717) is 11.7 Å². The zero-order chi connectivity index (χ0) is 11.4. The van der Waals surface area contributed by atoms with Crippen molar-refractivity contribution in [3.63, 3.8) is 0 Å². The predicted molar refractivity (Wildman–Crippen MR) is 62.2 cm³/mol. The van der Waals surface area contributed by atoms with Crippen molar-refractivity contribution >= 4 is 15.9 Å². The summed E-state index contributed by atoms with van der Waals surface area (Å²) in [7, 11) is 0. The number of para-hydroxylation sites is 1. The van der Waals surface area contributed by atoms with Crippen molar-refractivity contribution < 1.29 is 9.26 Å². The molecular weight excluding hydrogens is 272 g/mol. The van der Waals surface area contributed by atoms with Crippen LogP contribution in [0.15, 0.2) is 33.3 Å². The van der Waals surface area contributed by atoms with Gasteiger partial charge in [0.1, 0.15) is 5.75 Å². The first-order valence-corrected chi connectivity index (χ1v) is 5.77. The molecule has 0 bridgehead atoms. The highest BCUT2D eigenvalue weighted by atomic mass is 79.9. The van der Waals surface area contributed by atoms with E-state index in [1.165, 1.54) is 0 Å². The molecule has 84 valence electrons. The van der Waals surface area contributed by atoms with Crippen molar-refractivity contribution in [2.24, 2.45) is 0 Å². The van der Waals surface area contributed by atoms with Gasteiger partial charge in [-0.2, -0.15) is 4.98 Å². The van der Waals surface area contributed by atoms with Crippen LogP contribution in [-0.4, -0.2) is 10.1 Å². The SMILES string of the molecule is CCc1noc(COc2ccccc2Br)n1. The Labute approximate surface area is 102 Å². The smallest absolute Gasteiger partial charge is 0.264 e. The van der Waals surface area contributed by atoms with Crippen LogP contribution in [0.2, 0.25) is 0 Å². The average molecular weight is 283 g/mol. The van der Waals surface area contributed by atoms with Gasteiger partial charge in [-0.25, -0.2) is 0 Å². The van der Waals surface area contributed by atoms with Crippen molar-refractivity contribution in [3.8, 4) is 5.75 Å². The molecule has 4 nitrogen and oxygen atoms in total. The maximum absolute atomic E-state index is 5.54. The number of rotatable bonds is 4. The van der Waals surface area contributed by atoms with Crippen LogP contribution in [0.25, 0.3) is 0 Å². The van der Waals surface area contributed by atoms with Gasteiger partial charge in [-0.05, 0) is 28.1 Å². The van der Waals surface area contributed by atoms with Gasteiger partial charge in [0.05, 0.1) is 4.47 Å². The Morgan fingerprint density at radius 3 is 2.88 bits per heavy atom. The van der Waals surface area contributed by atoms with E-state index in [9.17, 15) is 0 Å². The Morgan fingerprint density at radius 2 is 2.19 bits per heavy atom. The third-order valence-corrected chi connectivity index (χ3v) is 2.67. The van der Waals surface area contributed by atoms with Crippen LogP contribution in [0.4, 0.5) is 0 Å². The summed E-state index contributed by atoms with van der Waals surface area (Å²) in [5, 5.41) is 3.79. The van der Waals surface area contributed by atoms with E-state index in [-0.39, 0.29) is 6.61 Å². The highest BCUT2D eigenvalue weighted by molar-refractivity contribution is 9.10. The van der Waals surface area contributed by atoms with Crippen molar-refractivity contribution in [1.82, 2.24) is 10.1 Å². The molecule has 5 heteroatoms. The van der Waals surface area contributed by atoms with E-state index < -0.39 is 0 Å². The number of halogens is 1. The standard InChI is InChI=1S/C11H11BrN2O2/c1-2-10-13-11(16-14-10)7-15-9-6-4-3-5-8(9)12/h3-6H,2,7H2,1H3.